The Balaban J connectivity index is 4.07. The van der Waals surface area contributed by atoms with Crippen molar-refractivity contribution < 1.29 is 22.7 Å². The molecule has 102 valence electrons. The average Bonchev–Trinajstić information content (AvgIpc) is 2.24. The largest absolute Gasteiger partial charge is 0.469 e. The molecule has 0 aliphatic rings. The first-order valence-electron chi connectivity index (χ1n) is 5.42. The van der Waals surface area contributed by atoms with Crippen LogP contribution in [-0.4, -0.2) is 57.9 Å². The molecule has 0 amide bonds. The number of hydrogen-bond donors (Lipinski definition) is 0. The number of hydrogen-bond acceptors (Lipinski definition) is 5. The van der Waals surface area contributed by atoms with Crippen LogP contribution in [0.2, 0.25) is 0 Å². The molecule has 0 saturated carbocycles. The molecular formula is C10H21NO5S. The molecule has 0 rings (SSSR count). The van der Waals surface area contributed by atoms with Gasteiger partial charge in [-0.2, -0.15) is 0 Å². The molecule has 7 heteroatoms. The topological polar surface area (TPSA) is 72.9 Å². The van der Waals surface area contributed by atoms with Crippen LogP contribution in [0.3, 0.4) is 0 Å². The molecule has 0 aliphatic carbocycles. The molecule has 0 aliphatic heterocycles. The van der Waals surface area contributed by atoms with E-state index in [2.05, 4.69) is 4.74 Å². The predicted octanol–water partition coefficient (Wildman–Crippen LogP) is 0.236. The summed E-state index contributed by atoms with van der Waals surface area (Å²) in [5.74, 6) is -0.506. The van der Waals surface area contributed by atoms with E-state index < -0.39 is 16.0 Å². The zero-order valence-electron chi connectivity index (χ0n) is 10.8. The van der Waals surface area contributed by atoms with E-state index in [-0.39, 0.29) is 31.4 Å². The monoisotopic (exact) mass is 267 g/mol. The lowest BCUT2D eigenvalue weighted by Gasteiger charge is -2.17. The summed E-state index contributed by atoms with van der Waals surface area (Å²) in [5.41, 5.74) is 0. The van der Waals surface area contributed by atoms with Crippen molar-refractivity contribution in [1.29, 1.82) is 0 Å². The van der Waals surface area contributed by atoms with Crippen molar-refractivity contribution in [1.82, 2.24) is 4.31 Å². The van der Waals surface area contributed by atoms with E-state index in [4.69, 9.17) is 4.74 Å². The third-order valence-corrected chi connectivity index (χ3v) is 3.94. The van der Waals surface area contributed by atoms with Gasteiger partial charge < -0.3 is 9.47 Å². The first kappa shape index (κ1) is 16.3. The summed E-state index contributed by atoms with van der Waals surface area (Å²) < 4.78 is 34.2. The highest BCUT2D eigenvalue weighted by Crippen LogP contribution is 2.01. The molecular weight excluding hydrogens is 246 g/mol. The van der Waals surface area contributed by atoms with Gasteiger partial charge in [-0.3, -0.25) is 4.79 Å². The molecule has 0 unspecified atom stereocenters. The number of rotatable bonds is 8. The number of carbonyl (C=O) groups is 1. The molecule has 6 nitrogen and oxygen atoms in total. The third kappa shape index (κ3) is 7.30. The Morgan fingerprint density at radius 2 is 1.94 bits per heavy atom. The highest BCUT2D eigenvalue weighted by molar-refractivity contribution is 7.89. The van der Waals surface area contributed by atoms with Crippen molar-refractivity contribution in [2.45, 2.75) is 26.4 Å². The SMILES string of the molecule is COC(=O)CCN(C)S(=O)(=O)CCOC(C)C. The zero-order valence-corrected chi connectivity index (χ0v) is 11.6. The number of esters is 1. The number of nitrogens with zero attached hydrogens (tertiary/aromatic N) is 1. The summed E-state index contributed by atoms with van der Waals surface area (Å²) in [6.07, 6.45) is 0.0580. The Hall–Kier alpha value is -0.660. The fraction of sp³-hybridized carbons (Fsp3) is 0.900. The van der Waals surface area contributed by atoms with E-state index in [9.17, 15) is 13.2 Å². The maximum absolute atomic E-state index is 11.7. The molecule has 0 aromatic heterocycles. The lowest BCUT2D eigenvalue weighted by molar-refractivity contribution is -0.140. The Labute approximate surface area is 103 Å². The summed E-state index contributed by atoms with van der Waals surface area (Å²) in [5, 5.41) is 0. The van der Waals surface area contributed by atoms with Crippen molar-refractivity contribution in [2.75, 3.05) is 33.1 Å². The highest BCUT2D eigenvalue weighted by Gasteiger charge is 2.18. The Morgan fingerprint density at radius 3 is 2.41 bits per heavy atom. The fourth-order valence-electron chi connectivity index (χ4n) is 1.03. The average molecular weight is 267 g/mol. The fourth-order valence-corrected chi connectivity index (χ4v) is 2.02. The maximum Gasteiger partial charge on any atom is 0.306 e. The van der Waals surface area contributed by atoms with Crippen molar-refractivity contribution in [3.63, 3.8) is 0 Å². The molecule has 17 heavy (non-hydrogen) atoms. The van der Waals surface area contributed by atoms with Crippen LogP contribution in [0.5, 0.6) is 0 Å². The van der Waals surface area contributed by atoms with Crippen LogP contribution in [0.1, 0.15) is 20.3 Å². The van der Waals surface area contributed by atoms with Crippen molar-refractivity contribution in [3.05, 3.63) is 0 Å². The summed E-state index contributed by atoms with van der Waals surface area (Å²) in [7, 11) is -0.650. The molecule has 0 heterocycles. The van der Waals surface area contributed by atoms with Gasteiger partial charge in [-0.1, -0.05) is 0 Å². The molecule has 0 N–H and O–H groups in total. The van der Waals surface area contributed by atoms with Gasteiger partial charge in [-0.15, -0.1) is 0 Å². The molecule has 0 spiro atoms. The molecule has 0 fully saturated rings. The normalized spacial score (nSPS) is 12.1. The van der Waals surface area contributed by atoms with E-state index in [1.807, 2.05) is 13.8 Å². The minimum absolute atomic E-state index is 0.00516. The van der Waals surface area contributed by atoms with Crippen LogP contribution < -0.4 is 0 Å². The summed E-state index contributed by atoms with van der Waals surface area (Å²) in [4.78, 5) is 10.9. The van der Waals surface area contributed by atoms with E-state index in [1.165, 1.54) is 14.2 Å². The molecule has 0 aromatic rings. The second kappa shape index (κ2) is 7.62. The van der Waals surface area contributed by atoms with Gasteiger partial charge in [-0.05, 0) is 13.8 Å². The third-order valence-electron chi connectivity index (χ3n) is 2.13. The van der Waals surface area contributed by atoms with Crippen LogP contribution in [0.4, 0.5) is 0 Å². The number of carbonyl (C=O) groups excluding carboxylic acids is 1. The Bertz CT molecular complexity index is 326. The van der Waals surface area contributed by atoms with Crippen LogP contribution in [0.15, 0.2) is 0 Å². The molecule has 0 aromatic carbocycles. The predicted molar refractivity (Wildman–Crippen MR) is 64.1 cm³/mol. The first-order valence-corrected chi connectivity index (χ1v) is 7.03. The van der Waals surface area contributed by atoms with Gasteiger partial charge in [0.1, 0.15) is 0 Å². The van der Waals surface area contributed by atoms with Gasteiger partial charge in [0.15, 0.2) is 0 Å². The van der Waals surface area contributed by atoms with Gasteiger partial charge >= 0.3 is 5.97 Å². The van der Waals surface area contributed by atoms with Gasteiger partial charge in [0.25, 0.3) is 0 Å². The molecule has 0 saturated heterocycles. The lowest BCUT2D eigenvalue weighted by atomic mass is 10.4. The molecule has 0 atom stereocenters. The van der Waals surface area contributed by atoms with E-state index in [0.29, 0.717) is 0 Å². The number of sulfonamides is 1. The minimum Gasteiger partial charge on any atom is -0.469 e. The summed E-state index contributed by atoms with van der Waals surface area (Å²) >= 11 is 0. The van der Waals surface area contributed by atoms with Gasteiger partial charge in [0.2, 0.25) is 10.0 Å². The van der Waals surface area contributed by atoms with Gasteiger partial charge in [-0.25, -0.2) is 12.7 Å². The van der Waals surface area contributed by atoms with E-state index >= 15 is 0 Å². The second-order valence-corrected chi connectivity index (χ2v) is 6.08. The van der Waals surface area contributed by atoms with Gasteiger partial charge in [0, 0.05) is 13.6 Å². The Kier molecular flexibility index (Phi) is 7.33. The van der Waals surface area contributed by atoms with E-state index in [0.717, 1.165) is 4.31 Å². The quantitative estimate of drug-likeness (QED) is 0.589. The van der Waals surface area contributed by atoms with Crippen LogP contribution in [0, 0.1) is 0 Å². The van der Waals surface area contributed by atoms with Crippen molar-refractivity contribution >= 4 is 16.0 Å². The maximum atomic E-state index is 11.7. The van der Waals surface area contributed by atoms with Crippen LogP contribution in [-0.2, 0) is 24.3 Å². The summed E-state index contributed by atoms with van der Waals surface area (Å²) in [6.45, 7) is 3.96. The lowest BCUT2D eigenvalue weighted by Crippen LogP contribution is -2.33. The number of methoxy groups -OCH3 is 1. The van der Waals surface area contributed by atoms with Crippen LogP contribution >= 0.6 is 0 Å². The van der Waals surface area contributed by atoms with Crippen LogP contribution in [0.25, 0.3) is 0 Å². The molecule has 0 radical (unpaired) electrons. The molecule has 0 bridgehead atoms. The standard InChI is InChI=1S/C10H21NO5S/c1-9(2)16-7-8-17(13,14)11(3)6-5-10(12)15-4/h9H,5-8H2,1-4H3. The Morgan fingerprint density at radius 1 is 1.35 bits per heavy atom. The van der Waals surface area contributed by atoms with Crippen molar-refractivity contribution in [3.8, 4) is 0 Å². The highest BCUT2D eigenvalue weighted by atomic mass is 32.2. The zero-order chi connectivity index (χ0) is 13.5. The van der Waals surface area contributed by atoms with Crippen molar-refractivity contribution in [2.24, 2.45) is 0 Å². The smallest absolute Gasteiger partial charge is 0.306 e. The first-order chi connectivity index (χ1) is 7.79. The van der Waals surface area contributed by atoms with Gasteiger partial charge in [0.05, 0.1) is 32.0 Å². The second-order valence-electron chi connectivity index (χ2n) is 3.88. The summed E-state index contributed by atoms with van der Waals surface area (Å²) in [6, 6.07) is 0. The minimum atomic E-state index is -3.36. The van der Waals surface area contributed by atoms with E-state index in [1.54, 1.807) is 0 Å². The number of ether oxygens (including phenoxy) is 2.